The Morgan fingerprint density at radius 2 is 1.91 bits per heavy atom. The number of hydrogen-bond acceptors (Lipinski definition) is 7. The van der Waals surface area contributed by atoms with E-state index in [4.69, 9.17) is 15.2 Å². The minimum Gasteiger partial charge on any atom is -0.493 e. The first-order valence-electron chi connectivity index (χ1n) is 16.1. The van der Waals surface area contributed by atoms with Gasteiger partial charge in [0, 0.05) is 19.4 Å². The van der Waals surface area contributed by atoms with Crippen LogP contribution in [-0.4, -0.2) is 77.3 Å². The summed E-state index contributed by atoms with van der Waals surface area (Å²) in [6.45, 7) is 6.37. The Bertz CT molecular complexity index is 1210. The van der Waals surface area contributed by atoms with Gasteiger partial charge >= 0.3 is 0 Å². The van der Waals surface area contributed by atoms with Crippen molar-refractivity contribution in [1.29, 1.82) is 0 Å². The summed E-state index contributed by atoms with van der Waals surface area (Å²) >= 11 is 0. The molecule has 4 N–H and O–H groups in total. The van der Waals surface area contributed by atoms with Crippen LogP contribution in [0.5, 0.6) is 5.75 Å². The Morgan fingerprint density at radius 3 is 2.61 bits per heavy atom. The molecule has 3 aliphatic rings. The SMILES string of the molecule is CCCCC(NC(=O)[C@@H]1C[C@@H]2CN1C(=O)[C@H](C1CCCCC1)NC(=O)Cc1cccc(c1)OCCC(C)(C)O2)C(=O)C(N)=O. The molecule has 0 radical (unpaired) electrons. The summed E-state index contributed by atoms with van der Waals surface area (Å²) in [6, 6.07) is 4.56. The normalized spacial score (nSPS) is 25.4. The van der Waals surface area contributed by atoms with Crippen molar-refractivity contribution >= 4 is 29.4 Å². The molecule has 11 nitrogen and oxygen atoms in total. The van der Waals surface area contributed by atoms with E-state index < -0.39 is 47.4 Å². The molecule has 11 heteroatoms. The van der Waals surface area contributed by atoms with Crippen molar-refractivity contribution in [2.45, 2.75) is 121 Å². The highest BCUT2D eigenvalue weighted by molar-refractivity contribution is 6.37. The summed E-state index contributed by atoms with van der Waals surface area (Å²) in [5.41, 5.74) is 5.44. The van der Waals surface area contributed by atoms with Gasteiger partial charge in [-0.1, -0.05) is 51.2 Å². The highest BCUT2D eigenvalue weighted by Crippen LogP contribution is 2.32. The smallest absolute Gasteiger partial charge is 0.287 e. The maximum absolute atomic E-state index is 14.4. The number of amides is 4. The lowest BCUT2D eigenvalue weighted by Gasteiger charge is -2.35. The van der Waals surface area contributed by atoms with Crippen LogP contribution in [0.15, 0.2) is 24.3 Å². The minimum absolute atomic E-state index is 0.0670. The standard InChI is InChI=1S/C33H48N4O7/c1-4-5-14-25(29(39)30(34)40)35-31(41)26-19-24-20-37(26)32(42)28(22-11-7-6-8-12-22)36-27(38)18-21-10-9-13-23(17-21)43-16-15-33(2,3)44-24/h9-10,13,17,22,24-26,28H,4-8,11-12,14-16,18-20H2,1-3H3,(H2,34,40)(H,35,41)(H,36,38)/t24-,25?,26+,28+/m1/s1. The fourth-order valence-corrected chi connectivity index (χ4v) is 6.60. The predicted octanol–water partition coefficient (Wildman–Crippen LogP) is 2.57. The zero-order valence-electron chi connectivity index (χ0n) is 26.3. The van der Waals surface area contributed by atoms with E-state index in [9.17, 15) is 24.0 Å². The summed E-state index contributed by atoms with van der Waals surface area (Å²) in [5.74, 6) is -2.53. The van der Waals surface area contributed by atoms with Gasteiger partial charge in [0.05, 0.1) is 30.8 Å². The molecule has 1 saturated heterocycles. The first kappa shape index (κ1) is 33.4. The Balaban J connectivity index is 1.66. The molecule has 1 saturated carbocycles. The fourth-order valence-electron chi connectivity index (χ4n) is 6.60. The van der Waals surface area contributed by atoms with E-state index in [1.165, 1.54) is 4.90 Å². The topological polar surface area (TPSA) is 157 Å². The van der Waals surface area contributed by atoms with Gasteiger partial charge in [-0.15, -0.1) is 0 Å². The Morgan fingerprint density at radius 1 is 1.16 bits per heavy atom. The first-order chi connectivity index (χ1) is 21.0. The maximum atomic E-state index is 14.4. The second-order valence-corrected chi connectivity index (χ2v) is 13.0. The van der Waals surface area contributed by atoms with Gasteiger partial charge in [0.15, 0.2) is 0 Å². The number of primary amides is 1. The number of nitrogens with one attached hydrogen (secondary N) is 2. The van der Waals surface area contributed by atoms with Crippen molar-refractivity contribution in [3.63, 3.8) is 0 Å². The van der Waals surface area contributed by atoms with Crippen LogP contribution in [0.1, 0.15) is 90.5 Å². The molecule has 0 aromatic heterocycles. The third kappa shape index (κ3) is 8.80. The number of benzene rings is 1. The Hall–Kier alpha value is -3.47. The average Bonchev–Trinajstić information content (AvgIpc) is 3.40. The van der Waals surface area contributed by atoms with Crippen LogP contribution in [0, 0.1) is 5.92 Å². The van der Waals surface area contributed by atoms with Crippen LogP contribution in [0.25, 0.3) is 0 Å². The second-order valence-electron chi connectivity index (χ2n) is 13.0. The van der Waals surface area contributed by atoms with E-state index in [0.717, 1.165) is 44.1 Å². The Labute approximate surface area is 260 Å². The molecule has 1 aliphatic carbocycles. The second kappa shape index (κ2) is 15.0. The number of rotatable bonds is 8. The number of nitrogens with two attached hydrogens (primary N) is 1. The van der Waals surface area contributed by atoms with E-state index in [2.05, 4.69) is 10.6 Å². The zero-order valence-corrected chi connectivity index (χ0v) is 26.3. The molecule has 2 aliphatic heterocycles. The zero-order chi connectivity index (χ0) is 31.9. The van der Waals surface area contributed by atoms with E-state index in [-0.39, 0.29) is 43.5 Å². The van der Waals surface area contributed by atoms with Crippen LogP contribution in [0.4, 0.5) is 0 Å². The quantitative estimate of drug-likeness (QED) is 0.381. The molecular formula is C33H48N4O7. The number of ketones is 1. The predicted molar refractivity (Wildman–Crippen MR) is 163 cm³/mol. The van der Waals surface area contributed by atoms with Crippen LogP contribution < -0.4 is 21.1 Å². The van der Waals surface area contributed by atoms with Crippen molar-refractivity contribution in [1.82, 2.24) is 15.5 Å². The fraction of sp³-hybridized carbons (Fsp3) is 0.667. The number of unbranched alkanes of at least 4 members (excludes halogenated alkanes) is 1. The van der Waals surface area contributed by atoms with Crippen LogP contribution in [0.2, 0.25) is 0 Å². The molecule has 2 fully saturated rings. The molecule has 242 valence electrons. The highest BCUT2D eigenvalue weighted by atomic mass is 16.5. The summed E-state index contributed by atoms with van der Waals surface area (Å²) < 4.78 is 12.5. The maximum Gasteiger partial charge on any atom is 0.287 e. The van der Waals surface area contributed by atoms with Gasteiger partial charge < -0.3 is 30.7 Å². The molecule has 1 unspecified atom stereocenters. The van der Waals surface area contributed by atoms with Gasteiger partial charge in [0.25, 0.3) is 5.91 Å². The molecule has 4 amide bonds. The lowest BCUT2D eigenvalue weighted by Crippen LogP contribution is -2.58. The monoisotopic (exact) mass is 612 g/mol. The summed E-state index contributed by atoms with van der Waals surface area (Å²) in [4.78, 5) is 67.4. The van der Waals surface area contributed by atoms with Gasteiger partial charge in [0.2, 0.25) is 23.5 Å². The van der Waals surface area contributed by atoms with Gasteiger partial charge in [-0.3, -0.25) is 24.0 Å². The molecule has 44 heavy (non-hydrogen) atoms. The van der Waals surface area contributed by atoms with Crippen molar-refractivity contribution in [3.05, 3.63) is 29.8 Å². The first-order valence-corrected chi connectivity index (χ1v) is 16.1. The number of hydrogen-bond donors (Lipinski definition) is 3. The number of Topliss-reactive ketones (excluding diaryl/α,β-unsaturated/α-hetero) is 1. The van der Waals surface area contributed by atoms with E-state index >= 15 is 0 Å². The van der Waals surface area contributed by atoms with Crippen LogP contribution in [-0.2, 0) is 35.1 Å². The number of nitrogens with zero attached hydrogens (tertiary/aromatic N) is 1. The molecular weight excluding hydrogens is 564 g/mol. The third-order valence-corrected chi connectivity index (χ3v) is 9.00. The van der Waals surface area contributed by atoms with Gasteiger partial charge in [-0.05, 0) is 56.7 Å². The lowest BCUT2D eigenvalue weighted by molar-refractivity contribution is -0.144. The number of carbonyl (C=O) groups is 5. The third-order valence-electron chi connectivity index (χ3n) is 9.00. The molecule has 1 aromatic rings. The minimum atomic E-state index is -1.11. The van der Waals surface area contributed by atoms with Crippen LogP contribution in [0.3, 0.4) is 0 Å². The summed E-state index contributed by atoms with van der Waals surface area (Å²) in [7, 11) is 0. The average molecular weight is 613 g/mol. The molecule has 4 atom stereocenters. The van der Waals surface area contributed by atoms with Gasteiger partial charge in [-0.2, -0.15) is 0 Å². The molecule has 4 rings (SSSR count). The van der Waals surface area contributed by atoms with Crippen molar-refractivity contribution in [2.24, 2.45) is 11.7 Å². The van der Waals surface area contributed by atoms with E-state index in [0.29, 0.717) is 25.2 Å². The van der Waals surface area contributed by atoms with Crippen molar-refractivity contribution in [2.75, 3.05) is 13.2 Å². The molecule has 0 spiro atoms. The van der Waals surface area contributed by atoms with E-state index in [1.54, 1.807) is 0 Å². The van der Waals surface area contributed by atoms with Crippen molar-refractivity contribution < 1.29 is 33.4 Å². The van der Waals surface area contributed by atoms with Crippen molar-refractivity contribution in [3.8, 4) is 5.75 Å². The number of fused-ring (bicyclic) bond motifs is 4. The molecule has 2 heterocycles. The van der Waals surface area contributed by atoms with Gasteiger partial charge in [0.1, 0.15) is 17.8 Å². The Kier molecular flexibility index (Phi) is 11.4. The van der Waals surface area contributed by atoms with E-state index in [1.807, 2.05) is 45.0 Å². The number of ether oxygens (including phenoxy) is 2. The lowest BCUT2D eigenvalue weighted by atomic mass is 9.83. The largest absolute Gasteiger partial charge is 0.493 e. The van der Waals surface area contributed by atoms with Gasteiger partial charge in [-0.25, -0.2) is 0 Å². The molecule has 1 aromatic carbocycles. The van der Waals surface area contributed by atoms with Crippen LogP contribution >= 0.6 is 0 Å². The highest BCUT2D eigenvalue weighted by Gasteiger charge is 2.46. The number of carbonyl (C=O) groups excluding carboxylic acids is 5. The summed E-state index contributed by atoms with van der Waals surface area (Å²) in [6.07, 6.45) is 6.59. The molecule has 4 bridgehead atoms. The summed E-state index contributed by atoms with van der Waals surface area (Å²) in [5, 5.41) is 5.75.